The van der Waals surface area contributed by atoms with Crippen LogP contribution in [0, 0.1) is 5.82 Å². The van der Waals surface area contributed by atoms with E-state index in [-0.39, 0.29) is 11.9 Å². The van der Waals surface area contributed by atoms with Crippen LogP contribution in [0.2, 0.25) is 0 Å². The highest BCUT2D eigenvalue weighted by Gasteiger charge is 2.37. The summed E-state index contributed by atoms with van der Waals surface area (Å²) in [4.78, 5) is 17.7. The normalized spacial score (nSPS) is 13.9. The second-order valence-corrected chi connectivity index (χ2v) is 11.8. The van der Waals surface area contributed by atoms with Gasteiger partial charge >= 0.3 is 5.97 Å². The molecule has 1 N–H and O–H groups in total. The van der Waals surface area contributed by atoms with Gasteiger partial charge in [0.25, 0.3) is 0 Å². The predicted molar refractivity (Wildman–Crippen MR) is 170 cm³/mol. The minimum Gasteiger partial charge on any atom is -0.494 e. The molecule has 0 heterocycles. The first-order chi connectivity index (χ1) is 20.6. The summed E-state index contributed by atoms with van der Waals surface area (Å²) in [6.07, 6.45) is 1.78. The van der Waals surface area contributed by atoms with E-state index in [1.165, 1.54) is 12.1 Å². The average molecular weight is 591 g/mol. The van der Waals surface area contributed by atoms with E-state index in [4.69, 9.17) is 9.47 Å². The van der Waals surface area contributed by atoms with Crippen molar-refractivity contribution in [3.05, 3.63) is 115 Å². The topological polar surface area (TPSA) is 62.2 Å². The Balaban J connectivity index is 1.81. The summed E-state index contributed by atoms with van der Waals surface area (Å²) in [5.74, 6) is -0.294. The first kappa shape index (κ1) is 34.0. The van der Waals surface area contributed by atoms with Crippen molar-refractivity contribution in [1.82, 2.24) is 9.80 Å². The molecule has 0 saturated carbocycles. The van der Waals surface area contributed by atoms with E-state index in [0.29, 0.717) is 38.4 Å². The molecule has 3 aromatic carbocycles. The van der Waals surface area contributed by atoms with Crippen LogP contribution in [0.25, 0.3) is 0 Å². The maximum Gasteiger partial charge on any atom is 0.337 e. The van der Waals surface area contributed by atoms with Crippen LogP contribution in [0.5, 0.6) is 5.75 Å². The third-order valence-corrected chi connectivity index (χ3v) is 7.26. The largest absolute Gasteiger partial charge is 0.494 e. The van der Waals surface area contributed by atoms with Crippen molar-refractivity contribution >= 4 is 5.97 Å². The van der Waals surface area contributed by atoms with E-state index >= 15 is 0 Å². The molecule has 0 saturated heterocycles. The predicted octanol–water partition coefficient (Wildman–Crippen LogP) is 6.81. The molecule has 0 radical (unpaired) electrons. The summed E-state index contributed by atoms with van der Waals surface area (Å²) in [6.45, 7) is 14.5. The maximum absolute atomic E-state index is 13.3. The summed E-state index contributed by atoms with van der Waals surface area (Å²) >= 11 is 0. The number of hydrogen-bond acceptors (Lipinski definition) is 6. The van der Waals surface area contributed by atoms with Crippen LogP contribution in [-0.2, 0) is 16.1 Å². The third kappa shape index (κ3) is 11.6. The monoisotopic (exact) mass is 590 g/mol. The molecule has 0 fully saturated rings. The minimum atomic E-state index is -1.35. The van der Waals surface area contributed by atoms with Gasteiger partial charge in [0, 0.05) is 38.3 Å². The summed E-state index contributed by atoms with van der Waals surface area (Å²) < 4.78 is 24.7. The van der Waals surface area contributed by atoms with Crippen LogP contribution >= 0.6 is 0 Å². The van der Waals surface area contributed by atoms with Gasteiger partial charge in [-0.1, -0.05) is 66.7 Å². The molecular weight excluding hydrogens is 543 g/mol. The van der Waals surface area contributed by atoms with E-state index in [1.54, 1.807) is 32.9 Å². The Hall–Kier alpha value is -3.52. The number of hydrogen-bond donors (Lipinski definition) is 1. The Morgan fingerprint density at radius 2 is 1.60 bits per heavy atom. The van der Waals surface area contributed by atoms with Crippen LogP contribution in [0.1, 0.15) is 57.7 Å². The zero-order valence-corrected chi connectivity index (χ0v) is 26.0. The minimum absolute atomic E-state index is 0.0829. The fourth-order valence-corrected chi connectivity index (χ4v) is 5.08. The Morgan fingerprint density at radius 3 is 2.21 bits per heavy atom. The summed E-state index contributed by atoms with van der Waals surface area (Å²) in [7, 11) is 0. The van der Waals surface area contributed by atoms with Crippen molar-refractivity contribution in [2.75, 3.05) is 26.2 Å². The quantitative estimate of drug-likeness (QED) is 0.106. The van der Waals surface area contributed by atoms with E-state index in [1.807, 2.05) is 42.5 Å². The van der Waals surface area contributed by atoms with Crippen LogP contribution in [0.15, 0.2) is 97.6 Å². The van der Waals surface area contributed by atoms with Crippen molar-refractivity contribution in [2.45, 2.75) is 70.9 Å². The number of benzene rings is 3. The lowest BCUT2D eigenvalue weighted by Crippen LogP contribution is -2.50. The molecule has 232 valence electrons. The van der Waals surface area contributed by atoms with Crippen LogP contribution in [-0.4, -0.2) is 64.9 Å². The number of aliphatic hydroxyl groups is 1. The van der Waals surface area contributed by atoms with Gasteiger partial charge < -0.3 is 14.6 Å². The van der Waals surface area contributed by atoms with E-state index in [9.17, 15) is 14.3 Å². The highest BCUT2D eigenvalue weighted by atomic mass is 19.1. The number of carbonyl (C=O) groups is 1. The first-order valence-corrected chi connectivity index (χ1v) is 15.0. The van der Waals surface area contributed by atoms with E-state index < -0.39 is 23.7 Å². The van der Waals surface area contributed by atoms with Gasteiger partial charge in [0.2, 0.25) is 0 Å². The molecule has 3 atom stereocenters. The smallest absolute Gasteiger partial charge is 0.337 e. The van der Waals surface area contributed by atoms with Crippen LogP contribution in [0.4, 0.5) is 4.39 Å². The second-order valence-electron chi connectivity index (χ2n) is 11.8. The number of nitrogens with zero attached hydrogens (tertiary/aromatic N) is 2. The highest BCUT2D eigenvalue weighted by Crippen LogP contribution is 2.29. The molecule has 0 amide bonds. The van der Waals surface area contributed by atoms with Gasteiger partial charge in [-0.2, -0.15) is 0 Å². The molecular formula is C36H47FN2O4. The molecule has 3 aromatic rings. The van der Waals surface area contributed by atoms with Crippen molar-refractivity contribution in [2.24, 2.45) is 0 Å². The van der Waals surface area contributed by atoms with Crippen molar-refractivity contribution in [3.8, 4) is 5.75 Å². The lowest BCUT2D eigenvalue weighted by molar-refractivity contribution is -0.170. The van der Waals surface area contributed by atoms with E-state index in [2.05, 4.69) is 47.6 Å². The number of carbonyl (C=O) groups excluding carboxylic acids is 1. The Labute approximate surface area is 256 Å². The SMILES string of the molecule is C=CCN(CCCOc1ccc(F)cc1)CC[C@H]([C@@H](O)C(=O)OC(C)(C)C)N(Cc1ccccc1)[C@H](C)c1ccccc1. The number of esters is 1. The molecule has 0 spiro atoms. The molecule has 0 aromatic heterocycles. The average Bonchev–Trinajstić information content (AvgIpc) is 2.99. The Bertz CT molecular complexity index is 1230. The highest BCUT2D eigenvalue weighted by molar-refractivity contribution is 5.75. The molecule has 0 bridgehead atoms. The van der Waals surface area contributed by atoms with Crippen LogP contribution in [0.3, 0.4) is 0 Å². The van der Waals surface area contributed by atoms with Crippen molar-refractivity contribution < 1.29 is 23.8 Å². The van der Waals surface area contributed by atoms with Gasteiger partial charge in [-0.25, -0.2) is 9.18 Å². The van der Waals surface area contributed by atoms with Gasteiger partial charge in [0.1, 0.15) is 17.2 Å². The lowest BCUT2D eigenvalue weighted by Gasteiger charge is -2.40. The van der Waals surface area contributed by atoms with Gasteiger partial charge in [0.15, 0.2) is 6.10 Å². The number of rotatable bonds is 17. The van der Waals surface area contributed by atoms with Crippen LogP contribution < -0.4 is 4.74 Å². The van der Waals surface area contributed by atoms with Gasteiger partial charge in [0.05, 0.1) is 6.61 Å². The zero-order chi connectivity index (χ0) is 31.2. The number of aliphatic hydroxyl groups excluding tert-OH is 1. The van der Waals surface area contributed by atoms with Gasteiger partial charge in [-0.15, -0.1) is 6.58 Å². The molecule has 43 heavy (non-hydrogen) atoms. The lowest BCUT2D eigenvalue weighted by atomic mass is 9.97. The fraction of sp³-hybridized carbons (Fsp3) is 0.417. The zero-order valence-electron chi connectivity index (χ0n) is 26.0. The van der Waals surface area contributed by atoms with Crippen molar-refractivity contribution in [3.63, 3.8) is 0 Å². The Kier molecular flexibility index (Phi) is 13.4. The standard InChI is InChI=1S/C36H47FN2O4/c1-6-23-38(24-13-26-42-32-20-18-31(37)19-21-32)25-22-33(34(40)35(41)43-36(3,4)5)39(27-29-14-9-7-10-15-29)28(2)30-16-11-8-12-17-30/h6-12,14-21,28,33-34,40H,1,13,22-27H2,2-5H3/t28-,33-,34-/m1/s1. The van der Waals surface area contributed by atoms with Gasteiger partial charge in [-0.05, 0) is 75.9 Å². The molecule has 0 unspecified atom stereocenters. The maximum atomic E-state index is 13.3. The molecule has 0 aliphatic heterocycles. The summed E-state index contributed by atoms with van der Waals surface area (Å²) in [5, 5.41) is 11.6. The number of halogens is 1. The molecule has 7 heteroatoms. The van der Waals surface area contributed by atoms with Gasteiger partial charge in [-0.3, -0.25) is 9.80 Å². The molecule has 0 aliphatic carbocycles. The first-order valence-electron chi connectivity index (χ1n) is 15.0. The van der Waals surface area contributed by atoms with E-state index in [0.717, 1.165) is 24.1 Å². The number of ether oxygens (including phenoxy) is 2. The van der Waals surface area contributed by atoms with Crippen molar-refractivity contribution in [1.29, 1.82) is 0 Å². The summed E-state index contributed by atoms with van der Waals surface area (Å²) in [5.41, 5.74) is 1.46. The Morgan fingerprint density at radius 1 is 0.977 bits per heavy atom. The molecule has 0 aliphatic rings. The summed E-state index contributed by atoms with van der Waals surface area (Å²) in [6, 6.07) is 25.6. The fourth-order valence-electron chi connectivity index (χ4n) is 5.08. The molecule has 6 nitrogen and oxygen atoms in total. The molecule has 3 rings (SSSR count). The third-order valence-electron chi connectivity index (χ3n) is 7.26. The second kappa shape index (κ2) is 16.9.